The van der Waals surface area contributed by atoms with Crippen molar-refractivity contribution in [1.29, 1.82) is 0 Å². The van der Waals surface area contributed by atoms with Gasteiger partial charge in [-0.2, -0.15) is 0 Å². The number of nitrogens with zero attached hydrogens (tertiary/aromatic N) is 1. The number of hydrogen-bond acceptors (Lipinski definition) is 4. The molecule has 0 spiro atoms. The smallest absolute Gasteiger partial charge is 0.328 e. The van der Waals surface area contributed by atoms with Crippen LogP contribution in [-0.2, 0) is 9.53 Å². The van der Waals surface area contributed by atoms with Gasteiger partial charge in [0.05, 0.1) is 6.10 Å². The number of ether oxygens (including phenoxy) is 1. The maximum absolute atomic E-state index is 11.8. The van der Waals surface area contributed by atoms with Crippen molar-refractivity contribution in [2.24, 2.45) is 5.92 Å². The molecule has 19 heavy (non-hydrogen) atoms. The van der Waals surface area contributed by atoms with Gasteiger partial charge >= 0.3 is 12.0 Å². The number of carboxylic acid groups (broad SMARTS) is 1. The minimum absolute atomic E-state index is 0.374. The van der Waals surface area contributed by atoms with Crippen LogP contribution in [0.25, 0.3) is 0 Å². The molecule has 2 unspecified atom stereocenters. The Morgan fingerprint density at radius 2 is 2.00 bits per heavy atom. The monoisotopic (exact) mass is 274 g/mol. The van der Waals surface area contributed by atoms with Crippen LogP contribution in [0.2, 0.25) is 0 Å². The van der Waals surface area contributed by atoms with Gasteiger partial charge in [-0.1, -0.05) is 0 Å². The van der Waals surface area contributed by atoms with Crippen molar-refractivity contribution in [3.05, 3.63) is 0 Å². The van der Waals surface area contributed by atoms with Crippen molar-refractivity contribution >= 4 is 12.0 Å². The third-order valence-corrected chi connectivity index (χ3v) is 3.25. The summed E-state index contributed by atoms with van der Waals surface area (Å²) in [5, 5.41) is 20.5. The highest BCUT2D eigenvalue weighted by Crippen LogP contribution is 2.15. The van der Waals surface area contributed by atoms with Gasteiger partial charge in [-0.05, 0) is 25.7 Å². The van der Waals surface area contributed by atoms with Crippen LogP contribution < -0.4 is 5.32 Å². The first-order valence-corrected chi connectivity index (χ1v) is 6.42. The number of nitrogens with one attached hydrogen (secondary N) is 1. The fourth-order valence-electron chi connectivity index (χ4n) is 2.03. The first-order valence-electron chi connectivity index (χ1n) is 6.42. The van der Waals surface area contributed by atoms with E-state index in [1.165, 1.54) is 11.8 Å². The molecule has 0 bridgehead atoms. The number of carbonyl (C=O) groups is 2. The zero-order valence-corrected chi connectivity index (χ0v) is 11.3. The highest BCUT2D eigenvalue weighted by Gasteiger charge is 2.27. The second-order valence-electron chi connectivity index (χ2n) is 4.94. The Morgan fingerprint density at radius 1 is 1.42 bits per heavy atom. The molecule has 2 atom stereocenters. The Kier molecular flexibility index (Phi) is 6.04. The van der Waals surface area contributed by atoms with Crippen molar-refractivity contribution in [2.75, 3.05) is 26.8 Å². The molecular weight excluding hydrogens is 252 g/mol. The molecule has 1 fully saturated rings. The first-order chi connectivity index (χ1) is 8.91. The largest absolute Gasteiger partial charge is 0.480 e. The lowest BCUT2D eigenvalue weighted by molar-refractivity contribution is -0.141. The molecule has 1 aliphatic rings. The highest BCUT2D eigenvalue weighted by molar-refractivity contribution is 5.82. The minimum atomic E-state index is -1.29. The van der Waals surface area contributed by atoms with Gasteiger partial charge in [-0.25, -0.2) is 9.59 Å². The maximum atomic E-state index is 11.8. The molecule has 1 heterocycles. The molecule has 0 aliphatic carbocycles. The summed E-state index contributed by atoms with van der Waals surface area (Å²) in [6.07, 6.45) is 0.658. The van der Waals surface area contributed by atoms with Crippen LogP contribution in [0.5, 0.6) is 0 Å². The predicted octanol–water partition coefficient (Wildman–Crippen LogP) is -0.112. The van der Waals surface area contributed by atoms with Crippen molar-refractivity contribution in [2.45, 2.75) is 31.9 Å². The Morgan fingerprint density at radius 3 is 2.47 bits per heavy atom. The fraction of sp³-hybridized carbons (Fsp3) is 0.833. The second kappa shape index (κ2) is 7.30. The zero-order valence-electron chi connectivity index (χ0n) is 11.3. The molecule has 1 rings (SSSR count). The number of carboxylic acids is 1. The predicted molar refractivity (Wildman–Crippen MR) is 67.8 cm³/mol. The lowest BCUT2D eigenvalue weighted by Crippen LogP contribution is -2.52. The van der Waals surface area contributed by atoms with E-state index in [4.69, 9.17) is 9.84 Å². The third-order valence-electron chi connectivity index (χ3n) is 3.25. The van der Waals surface area contributed by atoms with Crippen LogP contribution >= 0.6 is 0 Å². The Balaban J connectivity index is 2.44. The van der Waals surface area contributed by atoms with E-state index in [0.717, 1.165) is 12.8 Å². The average molecular weight is 274 g/mol. The number of rotatable bonds is 5. The van der Waals surface area contributed by atoms with E-state index in [2.05, 4.69) is 5.32 Å². The molecule has 0 aromatic heterocycles. The van der Waals surface area contributed by atoms with Crippen molar-refractivity contribution in [1.82, 2.24) is 10.2 Å². The van der Waals surface area contributed by atoms with E-state index in [9.17, 15) is 14.7 Å². The van der Waals surface area contributed by atoms with Crippen LogP contribution in [0.4, 0.5) is 4.79 Å². The van der Waals surface area contributed by atoms with Gasteiger partial charge in [0.2, 0.25) is 0 Å². The summed E-state index contributed by atoms with van der Waals surface area (Å²) in [4.78, 5) is 24.2. The van der Waals surface area contributed by atoms with Gasteiger partial charge in [-0.3, -0.25) is 0 Å². The molecule has 0 aromatic rings. The molecule has 1 saturated heterocycles. The van der Waals surface area contributed by atoms with Crippen LogP contribution in [0.15, 0.2) is 0 Å². The molecular formula is C12H22N2O5. The van der Waals surface area contributed by atoms with Crippen LogP contribution in [-0.4, -0.2) is 66.1 Å². The van der Waals surface area contributed by atoms with E-state index in [0.29, 0.717) is 25.7 Å². The van der Waals surface area contributed by atoms with Crippen molar-refractivity contribution < 1.29 is 24.5 Å². The molecule has 110 valence electrons. The second-order valence-corrected chi connectivity index (χ2v) is 4.94. The summed E-state index contributed by atoms with van der Waals surface area (Å²) in [7, 11) is 1.62. The average Bonchev–Trinajstić information content (AvgIpc) is 2.35. The number of amides is 2. The molecule has 0 aromatic carbocycles. The fourth-order valence-corrected chi connectivity index (χ4v) is 2.03. The summed E-state index contributed by atoms with van der Waals surface area (Å²) in [6.45, 7) is 3.29. The molecule has 7 nitrogen and oxygen atoms in total. The van der Waals surface area contributed by atoms with Gasteiger partial charge in [-0.15, -0.1) is 0 Å². The molecule has 0 saturated carbocycles. The first kappa shape index (κ1) is 15.7. The molecule has 1 aliphatic heterocycles. The quantitative estimate of drug-likeness (QED) is 0.649. The van der Waals surface area contributed by atoms with E-state index in [1.807, 2.05) is 0 Å². The number of aliphatic carboxylic acids is 1. The van der Waals surface area contributed by atoms with Gasteiger partial charge in [0.15, 0.2) is 6.04 Å². The summed E-state index contributed by atoms with van der Waals surface area (Å²) < 4.78 is 5.24. The minimum Gasteiger partial charge on any atom is -0.480 e. The van der Waals surface area contributed by atoms with Crippen molar-refractivity contribution in [3.8, 4) is 0 Å². The van der Waals surface area contributed by atoms with Crippen molar-refractivity contribution in [3.63, 3.8) is 0 Å². The molecule has 2 amide bonds. The summed E-state index contributed by atoms with van der Waals surface area (Å²) in [5.41, 5.74) is 0. The summed E-state index contributed by atoms with van der Waals surface area (Å²) >= 11 is 0. The van der Waals surface area contributed by atoms with Gasteiger partial charge in [0, 0.05) is 26.8 Å². The zero-order chi connectivity index (χ0) is 14.4. The van der Waals surface area contributed by atoms with E-state index in [1.54, 1.807) is 7.05 Å². The van der Waals surface area contributed by atoms with Gasteiger partial charge in [0.1, 0.15) is 0 Å². The molecule has 0 radical (unpaired) electrons. The summed E-state index contributed by atoms with van der Waals surface area (Å²) in [5.74, 6) is -0.873. The van der Waals surface area contributed by atoms with Crippen LogP contribution in [0.1, 0.15) is 19.8 Å². The van der Waals surface area contributed by atoms with Gasteiger partial charge in [0.25, 0.3) is 0 Å². The van der Waals surface area contributed by atoms with E-state index < -0.39 is 24.1 Å². The standard InChI is InChI=1S/C12H22N2O5/c1-8(15)10(11(16)17)13-12(18)14(2)7-9-3-5-19-6-4-9/h8-10,15H,3-7H2,1-2H3,(H,13,18)(H,16,17). The Labute approximate surface area is 112 Å². The number of carbonyl (C=O) groups excluding carboxylic acids is 1. The third kappa shape index (κ3) is 5.04. The number of urea groups is 1. The molecule has 3 N–H and O–H groups in total. The SMILES string of the molecule is CC(O)C(NC(=O)N(C)CC1CCOCC1)C(=O)O. The normalized spacial score (nSPS) is 19.5. The van der Waals surface area contributed by atoms with E-state index >= 15 is 0 Å². The number of hydrogen-bond donors (Lipinski definition) is 3. The van der Waals surface area contributed by atoms with Gasteiger partial charge < -0.3 is 25.2 Å². The lowest BCUT2D eigenvalue weighted by Gasteiger charge is -2.28. The topological polar surface area (TPSA) is 99.1 Å². The van der Waals surface area contributed by atoms with E-state index in [-0.39, 0.29) is 0 Å². The number of aliphatic hydroxyl groups is 1. The summed E-state index contributed by atoms with van der Waals surface area (Å²) in [6, 6.07) is -1.77. The lowest BCUT2D eigenvalue weighted by atomic mass is 10.00. The maximum Gasteiger partial charge on any atom is 0.328 e. The molecule has 7 heteroatoms. The Bertz CT molecular complexity index is 315. The van der Waals surface area contributed by atoms with Crippen LogP contribution in [0, 0.1) is 5.92 Å². The highest BCUT2D eigenvalue weighted by atomic mass is 16.5. The number of aliphatic hydroxyl groups excluding tert-OH is 1. The van der Waals surface area contributed by atoms with Crippen LogP contribution in [0.3, 0.4) is 0 Å². The Hall–Kier alpha value is -1.34.